The first-order valence-electron chi connectivity index (χ1n) is 5.23. The Morgan fingerprint density at radius 1 is 1.32 bits per heavy atom. The Labute approximate surface area is 118 Å². The van der Waals surface area contributed by atoms with Gasteiger partial charge in [-0.05, 0) is 31.2 Å². The molecule has 0 N–H and O–H groups in total. The number of hydrogen-bond acceptors (Lipinski definition) is 4. The van der Waals surface area contributed by atoms with Crippen LogP contribution in [0, 0.1) is 17.0 Å². The van der Waals surface area contributed by atoms with Gasteiger partial charge in [-0.15, -0.1) is 0 Å². The molecule has 0 saturated heterocycles. The highest BCUT2D eigenvalue weighted by Gasteiger charge is 2.22. The molecule has 1 aromatic heterocycles. The number of benzene rings is 1. The van der Waals surface area contributed by atoms with Crippen LogP contribution in [0.4, 0.5) is 5.69 Å². The van der Waals surface area contributed by atoms with E-state index in [0.29, 0.717) is 15.6 Å². The average Bonchev–Trinajstić information content (AvgIpc) is 2.70. The van der Waals surface area contributed by atoms with Crippen LogP contribution in [0.2, 0.25) is 10.0 Å². The summed E-state index contributed by atoms with van der Waals surface area (Å²) < 4.78 is 4.89. The van der Waals surface area contributed by atoms with Gasteiger partial charge in [0.15, 0.2) is 5.69 Å². The maximum absolute atomic E-state index is 10.9. The van der Waals surface area contributed by atoms with Crippen LogP contribution in [-0.4, -0.2) is 10.1 Å². The average molecular weight is 299 g/mol. The lowest BCUT2D eigenvalue weighted by molar-refractivity contribution is -0.386. The summed E-state index contributed by atoms with van der Waals surface area (Å²) in [6.07, 6.45) is 2.98. The fourth-order valence-corrected chi connectivity index (χ4v) is 2.07. The van der Waals surface area contributed by atoms with Gasteiger partial charge in [0.25, 0.3) is 0 Å². The van der Waals surface area contributed by atoms with Gasteiger partial charge in [0.05, 0.1) is 4.92 Å². The zero-order valence-electron chi connectivity index (χ0n) is 9.76. The van der Waals surface area contributed by atoms with E-state index in [-0.39, 0.29) is 17.1 Å². The van der Waals surface area contributed by atoms with E-state index in [1.165, 1.54) is 13.0 Å². The number of aryl methyl sites for hydroxylation is 1. The Morgan fingerprint density at radius 3 is 2.53 bits per heavy atom. The fraction of sp³-hybridized carbons (Fsp3) is 0.0833. The van der Waals surface area contributed by atoms with E-state index in [1.54, 1.807) is 24.3 Å². The molecular weight excluding hydrogens is 291 g/mol. The van der Waals surface area contributed by atoms with Gasteiger partial charge in [-0.3, -0.25) is 10.1 Å². The molecule has 0 aliphatic rings. The van der Waals surface area contributed by atoms with Crippen molar-refractivity contribution >= 4 is 41.0 Å². The molecular formula is C12H8Cl2N2O3. The quantitative estimate of drug-likeness (QED) is 0.623. The summed E-state index contributed by atoms with van der Waals surface area (Å²) in [5, 5.41) is 15.3. The lowest BCUT2D eigenvalue weighted by atomic mass is 10.2. The van der Waals surface area contributed by atoms with Crippen molar-refractivity contribution in [1.82, 2.24) is 5.16 Å². The molecule has 0 radical (unpaired) electrons. The molecule has 1 heterocycles. The molecule has 0 amide bonds. The molecule has 0 spiro atoms. The summed E-state index contributed by atoms with van der Waals surface area (Å²) in [6.45, 7) is 1.50. The third kappa shape index (κ3) is 2.77. The van der Waals surface area contributed by atoms with Crippen LogP contribution in [0.5, 0.6) is 0 Å². The second-order valence-corrected chi connectivity index (χ2v) is 4.52. The van der Waals surface area contributed by atoms with E-state index in [0.717, 1.165) is 0 Å². The predicted octanol–water partition coefficient (Wildman–Crippen LogP) is 4.37. The highest BCUT2D eigenvalue weighted by atomic mass is 35.5. The summed E-state index contributed by atoms with van der Waals surface area (Å²) in [4.78, 5) is 10.3. The van der Waals surface area contributed by atoms with Gasteiger partial charge in [-0.2, -0.15) is 0 Å². The number of rotatable bonds is 3. The van der Waals surface area contributed by atoms with Crippen LogP contribution < -0.4 is 0 Å². The van der Waals surface area contributed by atoms with Gasteiger partial charge in [0.1, 0.15) is 0 Å². The minimum Gasteiger partial charge on any atom is -0.349 e. The van der Waals surface area contributed by atoms with Gasteiger partial charge < -0.3 is 4.52 Å². The van der Waals surface area contributed by atoms with Crippen LogP contribution in [0.15, 0.2) is 22.7 Å². The summed E-state index contributed by atoms with van der Waals surface area (Å²) in [5.41, 5.74) is 0.614. The van der Waals surface area contributed by atoms with Crippen LogP contribution in [-0.2, 0) is 0 Å². The zero-order chi connectivity index (χ0) is 14.0. The van der Waals surface area contributed by atoms with Crippen LogP contribution >= 0.6 is 23.2 Å². The van der Waals surface area contributed by atoms with Gasteiger partial charge in [-0.1, -0.05) is 34.4 Å². The minimum atomic E-state index is -0.542. The third-order valence-corrected chi connectivity index (χ3v) is 3.10. The monoisotopic (exact) mass is 298 g/mol. The molecule has 2 aromatic rings. The number of nitro groups is 1. The SMILES string of the molecule is Cc1noc(/C=C/c2c(Cl)cccc2Cl)c1[N+](=O)[O-]. The molecule has 0 fully saturated rings. The lowest BCUT2D eigenvalue weighted by Gasteiger charge is -1.99. The number of aromatic nitrogens is 1. The smallest absolute Gasteiger partial charge is 0.338 e. The van der Waals surface area contributed by atoms with E-state index in [4.69, 9.17) is 27.7 Å². The van der Waals surface area contributed by atoms with Gasteiger partial charge in [-0.25, -0.2) is 0 Å². The molecule has 0 saturated carbocycles. The fourth-order valence-electron chi connectivity index (χ4n) is 1.54. The Balaban J connectivity index is 2.41. The highest BCUT2D eigenvalue weighted by molar-refractivity contribution is 6.37. The molecule has 2 rings (SSSR count). The van der Waals surface area contributed by atoms with E-state index in [9.17, 15) is 10.1 Å². The Bertz CT molecular complexity index is 645. The van der Waals surface area contributed by atoms with E-state index in [2.05, 4.69) is 5.16 Å². The van der Waals surface area contributed by atoms with E-state index in [1.807, 2.05) is 0 Å². The normalized spacial score (nSPS) is 11.1. The van der Waals surface area contributed by atoms with Gasteiger partial charge in [0.2, 0.25) is 5.76 Å². The zero-order valence-corrected chi connectivity index (χ0v) is 11.3. The molecule has 7 heteroatoms. The number of hydrogen-bond donors (Lipinski definition) is 0. The predicted molar refractivity (Wildman–Crippen MR) is 73.3 cm³/mol. The van der Waals surface area contributed by atoms with Crippen molar-refractivity contribution in [3.05, 3.63) is 55.4 Å². The highest BCUT2D eigenvalue weighted by Crippen LogP contribution is 2.29. The van der Waals surface area contributed by atoms with Crippen molar-refractivity contribution in [2.75, 3.05) is 0 Å². The van der Waals surface area contributed by atoms with E-state index < -0.39 is 4.92 Å². The standard InChI is InChI=1S/C12H8Cl2N2O3/c1-7-12(16(17)18)11(19-15-7)6-5-8-9(13)3-2-4-10(8)14/h2-6H,1H3/b6-5+. The first kappa shape index (κ1) is 13.6. The number of halogens is 2. The maximum Gasteiger partial charge on any atom is 0.338 e. The molecule has 0 atom stereocenters. The van der Waals surface area contributed by atoms with Gasteiger partial charge >= 0.3 is 5.69 Å². The van der Waals surface area contributed by atoms with Crippen LogP contribution in [0.3, 0.4) is 0 Å². The summed E-state index contributed by atoms with van der Waals surface area (Å²) in [7, 11) is 0. The first-order chi connectivity index (χ1) is 9.00. The summed E-state index contributed by atoms with van der Waals surface area (Å²) >= 11 is 12.0. The van der Waals surface area contributed by atoms with Gasteiger partial charge in [0, 0.05) is 15.6 Å². The maximum atomic E-state index is 10.9. The molecule has 0 bridgehead atoms. The second kappa shape index (κ2) is 5.42. The van der Waals surface area contributed by atoms with Crippen LogP contribution in [0.1, 0.15) is 17.0 Å². The topological polar surface area (TPSA) is 69.2 Å². The Morgan fingerprint density at radius 2 is 1.95 bits per heavy atom. The largest absolute Gasteiger partial charge is 0.349 e. The molecule has 19 heavy (non-hydrogen) atoms. The summed E-state index contributed by atoms with van der Waals surface area (Å²) in [6, 6.07) is 5.06. The molecule has 1 aromatic carbocycles. The Hall–Kier alpha value is -1.85. The van der Waals surface area contributed by atoms with Crippen molar-refractivity contribution in [3.63, 3.8) is 0 Å². The molecule has 0 unspecified atom stereocenters. The van der Waals surface area contributed by atoms with Crippen molar-refractivity contribution in [3.8, 4) is 0 Å². The molecule has 0 aliphatic carbocycles. The van der Waals surface area contributed by atoms with Crippen molar-refractivity contribution in [2.24, 2.45) is 0 Å². The van der Waals surface area contributed by atoms with Crippen molar-refractivity contribution in [1.29, 1.82) is 0 Å². The van der Waals surface area contributed by atoms with Crippen molar-refractivity contribution < 1.29 is 9.45 Å². The first-order valence-corrected chi connectivity index (χ1v) is 5.99. The van der Waals surface area contributed by atoms with Crippen molar-refractivity contribution in [2.45, 2.75) is 6.92 Å². The van der Waals surface area contributed by atoms with Crippen LogP contribution in [0.25, 0.3) is 12.2 Å². The second-order valence-electron chi connectivity index (χ2n) is 3.71. The minimum absolute atomic E-state index is 0.0542. The third-order valence-electron chi connectivity index (χ3n) is 2.44. The summed E-state index contributed by atoms with van der Waals surface area (Å²) in [5.74, 6) is 0.0542. The Kier molecular flexibility index (Phi) is 3.87. The van der Waals surface area contributed by atoms with E-state index >= 15 is 0 Å². The molecule has 5 nitrogen and oxygen atoms in total. The molecule has 98 valence electrons. The molecule has 0 aliphatic heterocycles. The number of nitrogens with zero attached hydrogens (tertiary/aromatic N) is 2. The lowest BCUT2D eigenvalue weighted by Crippen LogP contribution is -1.90.